The van der Waals surface area contributed by atoms with Gasteiger partial charge in [-0.2, -0.15) is 5.10 Å². The Hall–Kier alpha value is -2.87. The van der Waals surface area contributed by atoms with Gasteiger partial charge < -0.3 is 14.8 Å². The summed E-state index contributed by atoms with van der Waals surface area (Å²) in [6.07, 6.45) is 6.45. The monoisotopic (exact) mass is 457 g/mol. The zero-order chi connectivity index (χ0) is 22.2. The molecule has 32 heavy (non-hydrogen) atoms. The number of H-pyrrole nitrogens is 1. The predicted octanol–water partition coefficient (Wildman–Crippen LogP) is 3.80. The molecule has 4 heterocycles. The van der Waals surface area contributed by atoms with Crippen molar-refractivity contribution in [3.63, 3.8) is 0 Å². The van der Waals surface area contributed by atoms with Gasteiger partial charge in [0.05, 0.1) is 10.5 Å². The lowest BCUT2D eigenvalue weighted by atomic mass is 9.89. The Morgan fingerprint density at radius 3 is 2.72 bits per heavy atom. The molecule has 1 aromatic carbocycles. The topological polar surface area (TPSA) is 74.2 Å². The van der Waals surface area contributed by atoms with Gasteiger partial charge in [-0.1, -0.05) is 11.6 Å². The number of likely N-dealkylation sites (tertiary alicyclic amines) is 2. The van der Waals surface area contributed by atoms with Crippen LogP contribution in [-0.4, -0.2) is 62.6 Å². The van der Waals surface area contributed by atoms with Crippen LogP contribution in [0.15, 0.2) is 30.6 Å². The number of piperidine rings is 1. The number of aromatic nitrogens is 3. The van der Waals surface area contributed by atoms with Crippen LogP contribution in [-0.2, 0) is 11.3 Å². The highest BCUT2D eigenvalue weighted by molar-refractivity contribution is 6.35. The van der Waals surface area contributed by atoms with Gasteiger partial charge in [0.25, 0.3) is 5.91 Å². The molecule has 2 aromatic heterocycles. The molecule has 2 fully saturated rings. The smallest absolute Gasteiger partial charge is 0.270 e. The SMILES string of the molecule is O=C(CCn1cccn1)N1CCC[C@H](c2cc(Cl)c3cc(C(=O)N4CCC4)[nH]c3c2F)C1. The van der Waals surface area contributed by atoms with Crippen LogP contribution >= 0.6 is 11.6 Å². The third-order valence-corrected chi connectivity index (χ3v) is 6.84. The van der Waals surface area contributed by atoms with Crippen molar-refractivity contribution < 1.29 is 14.0 Å². The van der Waals surface area contributed by atoms with Crippen molar-refractivity contribution in [1.82, 2.24) is 24.6 Å². The van der Waals surface area contributed by atoms with Gasteiger partial charge in [-0.25, -0.2) is 4.39 Å². The van der Waals surface area contributed by atoms with E-state index in [0.29, 0.717) is 47.7 Å². The normalized spacial score (nSPS) is 18.8. The first-order valence-corrected chi connectivity index (χ1v) is 11.4. The summed E-state index contributed by atoms with van der Waals surface area (Å²) >= 11 is 6.50. The van der Waals surface area contributed by atoms with Gasteiger partial charge in [0, 0.05) is 62.8 Å². The summed E-state index contributed by atoms with van der Waals surface area (Å²) in [7, 11) is 0. The number of hydrogen-bond acceptors (Lipinski definition) is 3. The highest BCUT2D eigenvalue weighted by Crippen LogP contribution is 2.36. The second kappa shape index (κ2) is 8.58. The molecule has 2 amide bonds. The van der Waals surface area contributed by atoms with E-state index in [1.54, 1.807) is 27.9 Å². The lowest BCUT2D eigenvalue weighted by molar-refractivity contribution is -0.132. The van der Waals surface area contributed by atoms with E-state index in [1.807, 2.05) is 17.2 Å². The lowest BCUT2D eigenvalue weighted by Gasteiger charge is -2.33. The Bertz CT molecular complexity index is 1160. The van der Waals surface area contributed by atoms with Crippen molar-refractivity contribution in [2.45, 2.75) is 38.1 Å². The fraction of sp³-hybridized carbons (Fsp3) is 0.435. The van der Waals surface area contributed by atoms with E-state index >= 15 is 4.39 Å². The van der Waals surface area contributed by atoms with Crippen molar-refractivity contribution in [3.8, 4) is 0 Å². The maximum absolute atomic E-state index is 15.5. The highest BCUT2D eigenvalue weighted by atomic mass is 35.5. The van der Waals surface area contributed by atoms with Gasteiger partial charge in [-0.05, 0) is 43.0 Å². The minimum absolute atomic E-state index is 0.0417. The minimum atomic E-state index is -0.386. The molecular formula is C23H25ClFN5O2. The van der Waals surface area contributed by atoms with Crippen molar-refractivity contribution in [1.29, 1.82) is 0 Å². The summed E-state index contributed by atoms with van der Waals surface area (Å²) in [5.41, 5.74) is 1.12. The molecule has 3 aromatic rings. The number of aryl methyl sites for hydroxylation is 1. The number of nitrogens with one attached hydrogen (secondary N) is 1. The van der Waals surface area contributed by atoms with Gasteiger partial charge in [-0.15, -0.1) is 0 Å². The molecule has 0 radical (unpaired) electrons. The number of carbonyl (C=O) groups is 2. The van der Waals surface area contributed by atoms with E-state index in [0.717, 1.165) is 32.4 Å². The van der Waals surface area contributed by atoms with Gasteiger partial charge in [-0.3, -0.25) is 14.3 Å². The Morgan fingerprint density at radius 2 is 2.00 bits per heavy atom. The van der Waals surface area contributed by atoms with Crippen molar-refractivity contribution in [2.75, 3.05) is 26.2 Å². The number of aromatic amines is 1. The first-order chi connectivity index (χ1) is 15.5. The summed E-state index contributed by atoms with van der Waals surface area (Å²) in [5, 5.41) is 5.06. The molecule has 0 bridgehead atoms. The second-order valence-electron chi connectivity index (χ2n) is 8.58. The molecule has 7 nitrogen and oxygen atoms in total. The van der Waals surface area contributed by atoms with Gasteiger partial charge in [0.1, 0.15) is 5.69 Å². The molecule has 1 atom stereocenters. The maximum atomic E-state index is 15.5. The summed E-state index contributed by atoms with van der Waals surface area (Å²) in [5.74, 6) is -0.615. The van der Waals surface area contributed by atoms with Crippen LogP contribution in [0.4, 0.5) is 4.39 Å². The first kappa shape index (κ1) is 21.0. The summed E-state index contributed by atoms with van der Waals surface area (Å²) < 4.78 is 17.3. The van der Waals surface area contributed by atoms with Crippen molar-refractivity contribution >= 4 is 34.3 Å². The predicted molar refractivity (Wildman–Crippen MR) is 119 cm³/mol. The van der Waals surface area contributed by atoms with E-state index in [9.17, 15) is 9.59 Å². The average molecular weight is 458 g/mol. The fourth-order valence-corrected chi connectivity index (χ4v) is 4.87. The van der Waals surface area contributed by atoms with E-state index in [-0.39, 0.29) is 29.1 Å². The van der Waals surface area contributed by atoms with Crippen LogP contribution in [0.5, 0.6) is 0 Å². The van der Waals surface area contributed by atoms with Gasteiger partial charge in [0.15, 0.2) is 5.82 Å². The third kappa shape index (κ3) is 3.88. The largest absolute Gasteiger partial charge is 0.348 e. The van der Waals surface area contributed by atoms with Crippen LogP contribution in [0.2, 0.25) is 5.02 Å². The molecule has 5 rings (SSSR count). The number of fused-ring (bicyclic) bond motifs is 1. The zero-order valence-corrected chi connectivity index (χ0v) is 18.4. The molecule has 0 saturated carbocycles. The molecule has 1 N–H and O–H groups in total. The van der Waals surface area contributed by atoms with E-state index in [2.05, 4.69) is 10.1 Å². The number of halogens is 2. The number of carbonyl (C=O) groups excluding carboxylic acids is 2. The van der Waals surface area contributed by atoms with Crippen LogP contribution in [0, 0.1) is 5.82 Å². The molecule has 168 valence electrons. The van der Waals surface area contributed by atoms with Crippen LogP contribution < -0.4 is 0 Å². The van der Waals surface area contributed by atoms with Gasteiger partial charge in [0.2, 0.25) is 5.91 Å². The molecule has 0 aliphatic carbocycles. The van der Waals surface area contributed by atoms with Crippen LogP contribution in [0.3, 0.4) is 0 Å². The Morgan fingerprint density at radius 1 is 1.19 bits per heavy atom. The van der Waals surface area contributed by atoms with E-state index in [1.165, 1.54) is 0 Å². The summed E-state index contributed by atoms with van der Waals surface area (Å²) in [4.78, 5) is 31.8. The number of benzene rings is 1. The standard InChI is InChI=1S/C23H25ClFN5O2/c24-18-12-16(21(25)22-17(18)13-19(27-22)23(32)28-8-3-9-28)15-4-1-7-29(14-15)20(31)5-11-30-10-2-6-26-30/h2,6,10,12-13,15,27H,1,3-5,7-9,11,14H2/t15-/m0/s1. The highest BCUT2D eigenvalue weighted by Gasteiger charge is 2.29. The Kier molecular flexibility index (Phi) is 5.63. The number of amides is 2. The number of nitrogens with zero attached hydrogens (tertiary/aromatic N) is 4. The molecule has 0 unspecified atom stereocenters. The summed E-state index contributed by atoms with van der Waals surface area (Å²) in [6.45, 7) is 3.10. The zero-order valence-electron chi connectivity index (χ0n) is 17.7. The first-order valence-electron chi connectivity index (χ1n) is 11.1. The number of rotatable bonds is 5. The summed E-state index contributed by atoms with van der Waals surface area (Å²) in [6, 6.07) is 5.12. The van der Waals surface area contributed by atoms with Crippen LogP contribution in [0.1, 0.15) is 47.7 Å². The molecule has 2 aliphatic rings. The quantitative estimate of drug-likeness (QED) is 0.633. The Balaban J connectivity index is 1.35. The Labute approximate surface area is 190 Å². The second-order valence-corrected chi connectivity index (χ2v) is 8.98. The van der Waals surface area contributed by atoms with Gasteiger partial charge >= 0.3 is 0 Å². The van der Waals surface area contributed by atoms with Crippen molar-refractivity contribution in [2.24, 2.45) is 0 Å². The number of hydrogen-bond donors (Lipinski definition) is 1. The third-order valence-electron chi connectivity index (χ3n) is 6.53. The maximum Gasteiger partial charge on any atom is 0.270 e. The van der Waals surface area contributed by atoms with Crippen molar-refractivity contribution in [3.05, 3.63) is 52.7 Å². The fourth-order valence-electron chi connectivity index (χ4n) is 4.60. The average Bonchev–Trinajstić information content (AvgIpc) is 3.44. The van der Waals surface area contributed by atoms with Crippen LogP contribution in [0.25, 0.3) is 10.9 Å². The van der Waals surface area contributed by atoms with E-state index < -0.39 is 0 Å². The molecule has 2 aliphatic heterocycles. The molecule has 0 spiro atoms. The lowest BCUT2D eigenvalue weighted by Crippen LogP contribution is -2.42. The van der Waals surface area contributed by atoms with E-state index in [4.69, 9.17) is 11.6 Å². The molecule has 9 heteroatoms. The molecule has 2 saturated heterocycles. The molecular weight excluding hydrogens is 433 g/mol. The minimum Gasteiger partial charge on any atom is -0.348 e.